The van der Waals surface area contributed by atoms with Crippen molar-refractivity contribution in [2.24, 2.45) is 0 Å². The summed E-state index contributed by atoms with van der Waals surface area (Å²) in [6.07, 6.45) is 0. The van der Waals surface area contributed by atoms with E-state index in [1.54, 1.807) is 0 Å². The first-order valence-electron chi connectivity index (χ1n) is 6.12. The van der Waals surface area contributed by atoms with Crippen molar-refractivity contribution in [3.63, 3.8) is 0 Å². The molecule has 0 aliphatic carbocycles. The Morgan fingerprint density at radius 3 is 1.56 bits per heavy atom. The van der Waals surface area contributed by atoms with Crippen LogP contribution in [-0.2, 0) is 29.5 Å². The number of rotatable bonds is 2. The minimum absolute atomic E-state index is 0.126. The molecule has 1 heterocycles. The summed E-state index contributed by atoms with van der Waals surface area (Å²) in [5.41, 5.74) is 2.02. The van der Waals surface area contributed by atoms with Crippen molar-refractivity contribution in [2.75, 3.05) is 0 Å². The maximum atomic E-state index is 12.4. The zero-order valence-corrected chi connectivity index (χ0v) is 11.3. The second-order valence-corrected chi connectivity index (χ2v) is 5.90. The first kappa shape index (κ1) is 13.5. The van der Waals surface area contributed by atoms with Gasteiger partial charge in [0.25, 0.3) is 0 Å². The van der Waals surface area contributed by atoms with Crippen molar-refractivity contribution in [1.29, 1.82) is 0 Å². The van der Waals surface area contributed by atoms with Crippen LogP contribution in [0.5, 0.6) is 0 Å². The zero-order valence-electron chi connectivity index (χ0n) is 11.3. The molecule has 0 saturated heterocycles. The van der Waals surface area contributed by atoms with Crippen LogP contribution in [0.4, 0.5) is 0 Å². The number of nitrogens with zero attached hydrogens (tertiary/aromatic N) is 1. The lowest BCUT2D eigenvalue weighted by molar-refractivity contribution is -0.266. The molecule has 0 bridgehead atoms. The number of hydroxylamine groups is 2. The summed E-state index contributed by atoms with van der Waals surface area (Å²) in [7, 11) is 0. The maximum absolute atomic E-state index is 12.4. The van der Waals surface area contributed by atoms with E-state index in [0.717, 1.165) is 16.2 Å². The third-order valence-electron chi connectivity index (χ3n) is 4.01. The van der Waals surface area contributed by atoms with Crippen LogP contribution in [0.3, 0.4) is 0 Å². The minimum atomic E-state index is -0.614. The number of aliphatic hydroxyl groups excluding tert-OH is 2. The van der Waals surface area contributed by atoms with Crippen molar-refractivity contribution in [3.8, 4) is 0 Å². The van der Waals surface area contributed by atoms with Crippen LogP contribution in [0.25, 0.3) is 0 Å². The van der Waals surface area contributed by atoms with Gasteiger partial charge in [0.05, 0.1) is 24.3 Å². The van der Waals surface area contributed by atoms with Crippen LogP contribution in [0.2, 0.25) is 0 Å². The summed E-state index contributed by atoms with van der Waals surface area (Å²) < 4.78 is 0. The lowest BCUT2D eigenvalue weighted by Crippen LogP contribution is -2.41. The molecule has 1 aliphatic heterocycles. The molecular weight excluding hydrogens is 230 g/mol. The smallest absolute Gasteiger partial charge is 0.0699 e. The number of hydrogen-bond donors (Lipinski definition) is 2. The van der Waals surface area contributed by atoms with Crippen molar-refractivity contribution in [1.82, 2.24) is 5.06 Å². The molecule has 0 amide bonds. The van der Waals surface area contributed by atoms with Gasteiger partial charge in [0.2, 0.25) is 0 Å². The maximum Gasteiger partial charge on any atom is 0.0699 e. The van der Waals surface area contributed by atoms with E-state index in [9.17, 15) is 15.4 Å². The summed E-state index contributed by atoms with van der Waals surface area (Å²) in [6, 6.07) is 3.70. The number of benzene rings is 1. The van der Waals surface area contributed by atoms with E-state index >= 15 is 0 Å². The molecule has 4 heteroatoms. The number of hydrogen-bond acceptors (Lipinski definition) is 3. The molecule has 2 N–H and O–H groups in total. The van der Waals surface area contributed by atoms with Gasteiger partial charge in [0.15, 0.2) is 0 Å². The predicted octanol–water partition coefficient (Wildman–Crippen LogP) is 1.80. The Labute approximate surface area is 107 Å². The minimum Gasteiger partial charge on any atom is -0.392 e. The third-order valence-corrected chi connectivity index (χ3v) is 4.01. The van der Waals surface area contributed by atoms with Crippen molar-refractivity contribution >= 4 is 0 Å². The highest BCUT2D eigenvalue weighted by Crippen LogP contribution is 2.49. The lowest BCUT2D eigenvalue weighted by Gasteiger charge is -2.32. The summed E-state index contributed by atoms with van der Waals surface area (Å²) >= 11 is 0. The Balaban J connectivity index is 2.72. The largest absolute Gasteiger partial charge is 0.392 e. The van der Waals surface area contributed by atoms with Crippen LogP contribution in [0, 0.1) is 0 Å². The highest BCUT2D eigenvalue weighted by Gasteiger charge is 2.50. The fraction of sp³-hybridized carbons (Fsp3) is 0.571. The van der Waals surface area contributed by atoms with Gasteiger partial charge in [0.1, 0.15) is 0 Å². The molecule has 1 radical (unpaired) electrons. The van der Waals surface area contributed by atoms with E-state index in [0.29, 0.717) is 11.1 Å². The van der Waals surface area contributed by atoms with Crippen molar-refractivity contribution < 1.29 is 15.4 Å². The van der Waals surface area contributed by atoms with E-state index in [1.165, 1.54) is 0 Å². The van der Waals surface area contributed by atoms with Crippen molar-refractivity contribution in [3.05, 3.63) is 34.4 Å². The fourth-order valence-corrected chi connectivity index (χ4v) is 2.91. The van der Waals surface area contributed by atoms with E-state index in [2.05, 4.69) is 0 Å². The third kappa shape index (κ3) is 1.61. The summed E-state index contributed by atoms with van der Waals surface area (Å²) in [5, 5.41) is 32.2. The molecule has 2 rings (SSSR count). The van der Waals surface area contributed by atoms with Gasteiger partial charge in [0, 0.05) is 0 Å². The molecule has 1 aliphatic rings. The van der Waals surface area contributed by atoms with Gasteiger partial charge in [-0.05, 0) is 49.9 Å². The van der Waals surface area contributed by atoms with Gasteiger partial charge in [-0.1, -0.05) is 12.1 Å². The van der Waals surface area contributed by atoms with E-state index in [4.69, 9.17) is 0 Å². The Kier molecular flexibility index (Phi) is 3.02. The summed E-state index contributed by atoms with van der Waals surface area (Å²) in [4.78, 5) is 0. The van der Waals surface area contributed by atoms with Gasteiger partial charge in [-0.25, -0.2) is 0 Å². The van der Waals surface area contributed by atoms with E-state index < -0.39 is 11.1 Å². The topological polar surface area (TPSA) is 63.6 Å². The molecule has 0 fully saturated rings. The highest BCUT2D eigenvalue weighted by atomic mass is 16.5. The van der Waals surface area contributed by atoms with Crippen LogP contribution in [0.15, 0.2) is 12.1 Å². The van der Waals surface area contributed by atoms with Gasteiger partial charge in [-0.2, -0.15) is 0 Å². The molecule has 0 unspecified atom stereocenters. The Hall–Kier alpha value is -0.940. The molecule has 99 valence electrons. The second-order valence-electron chi connectivity index (χ2n) is 5.90. The average Bonchev–Trinajstić information content (AvgIpc) is 2.47. The van der Waals surface area contributed by atoms with Gasteiger partial charge < -0.3 is 10.2 Å². The zero-order chi connectivity index (χ0) is 13.7. The van der Waals surface area contributed by atoms with Crippen molar-refractivity contribution in [2.45, 2.75) is 52.0 Å². The molecule has 0 aromatic heterocycles. The Bertz CT molecular complexity index is 437. The standard InChI is InChI=1S/C14H20NO3/c1-13(2)11-5-9(7-16)10(8-17)6-12(11)14(3,4)15(13)18/h5-6,16-17H,7-8H2,1-4H3. The molecule has 18 heavy (non-hydrogen) atoms. The van der Waals surface area contributed by atoms with Gasteiger partial charge in [-0.15, -0.1) is 10.3 Å². The highest BCUT2D eigenvalue weighted by molar-refractivity contribution is 5.48. The predicted molar refractivity (Wildman–Crippen MR) is 66.9 cm³/mol. The molecule has 1 aromatic rings. The first-order chi connectivity index (χ1) is 8.26. The summed E-state index contributed by atoms with van der Waals surface area (Å²) in [5.74, 6) is 0. The molecule has 1 aromatic carbocycles. The second kappa shape index (κ2) is 4.03. The summed E-state index contributed by atoms with van der Waals surface area (Å²) in [6.45, 7) is 7.28. The molecule has 0 saturated carbocycles. The number of fused-ring (bicyclic) bond motifs is 1. The first-order valence-corrected chi connectivity index (χ1v) is 6.12. The van der Waals surface area contributed by atoms with Crippen LogP contribution < -0.4 is 0 Å². The van der Waals surface area contributed by atoms with Gasteiger partial charge in [-0.3, -0.25) is 0 Å². The lowest BCUT2D eigenvalue weighted by atomic mass is 9.87. The van der Waals surface area contributed by atoms with Crippen LogP contribution in [0.1, 0.15) is 49.9 Å². The Morgan fingerprint density at radius 2 is 1.28 bits per heavy atom. The normalized spacial score (nSPS) is 21.1. The molecule has 0 atom stereocenters. The molecule has 4 nitrogen and oxygen atoms in total. The molecule has 0 spiro atoms. The van der Waals surface area contributed by atoms with E-state index in [-0.39, 0.29) is 13.2 Å². The van der Waals surface area contributed by atoms with E-state index in [1.807, 2.05) is 39.8 Å². The quantitative estimate of drug-likeness (QED) is 0.841. The van der Waals surface area contributed by atoms with Gasteiger partial charge >= 0.3 is 0 Å². The average molecular weight is 250 g/mol. The Morgan fingerprint density at radius 1 is 0.944 bits per heavy atom. The SMILES string of the molecule is CC1(C)c2cc(CO)c(CO)cc2C(C)(C)N1[O]. The monoisotopic (exact) mass is 250 g/mol. The van der Waals surface area contributed by atoms with Crippen LogP contribution >= 0.6 is 0 Å². The number of aliphatic hydroxyl groups is 2. The fourth-order valence-electron chi connectivity index (χ4n) is 2.91. The molecular formula is C14H20NO3. The van der Waals surface area contributed by atoms with Crippen LogP contribution in [-0.4, -0.2) is 15.3 Å².